The first-order valence-corrected chi connectivity index (χ1v) is 19.1. The summed E-state index contributed by atoms with van der Waals surface area (Å²) >= 11 is 0. The largest absolute Gasteiger partial charge is 0.493 e. The van der Waals surface area contributed by atoms with Crippen molar-refractivity contribution in [3.05, 3.63) is 47.5 Å². The van der Waals surface area contributed by atoms with Gasteiger partial charge in [0.15, 0.2) is 17.6 Å². The summed E-state index contributed by atoms with van der Waals surface area (Å²) in [6, 6.07) is 10.6. The van der Waals surface area contributed by atoms with Gasteiger partial charge >= 0.3 is 18.2 Å². The molecule has 5 rings (SSSR count). The Hall–Kier alpha value is -4.59. The quantitative estimate of drug-likeness (QED) is 0.152. The lowest BCUT2D eigenvalue weighted by Crippen LogP contribution is -2.61. The Bertz CT molecular complexity index is 1670. The number of nitrogens with two attached hydrogens (primary N) is 1. The topological polar surface area (TPSA) is 232 Å². The van der Waals surface area contributed by atoms with Crippen LogP contribution in [0.5, 0.6) is 17.2 Å². The molecule has 5 unspecified atom stereocenters. The number of nitrogen functional groups attached to an aromatic ring is 1. The van der Waals surface area contributed by atoms with Gasteiger partial charge in [-0.15, -0.1) is 0 Å². The van der Waals surface area contributed by atoms with Crippen LogP contribution in [0.15, 0.2) is 36.4 Å². The summed E-state index contributed by atoms with van der Waals surface area (Å²) in [4.78, 5) is 42.2. The number of hydrogen-bond acceptors (Lipinski definition) is 15. The number of carboxylic acid groups (broad SMARTS) is 1. The fourth-order valence-electron chi connectivity index (χ4n) is 7.24. The lowest BCUT2D eigenvalue weighted by atomic mass is 9.91. The Balaban J connectivity index is 1.01. The van der Waals surface area contributed by atoms with E-state index in [9.17, 15) is 34.8 Å². The summed E-state index contributed by atoms with van der Waals surface area (Å²) < 4.78 is 39.1. The average molecular weight is 805 g/mol. The zero-order valence-electron chi connectivity index (χ0n) is 32.9. The van der Waals surface area contributed by atoms with Gasteiger partial charge in [0.05, 0.1) is 32.6 Å². The molecule has 0 bridgehead atoms. The van der Waals surface area contributed by atoms with Crippen molar-refractivity contribution in [2.45, 2.75) is 94.1 Å². The summed E-state index contributed by atoms with van der Waals surface area (Å²) in [7, 11) is 6.40. The molecule has 2 aromatic carbocycles. The molecule has 1 aliphatic carbocycles. The fraction of sp³-hybridized carbons (Fsp3) is 0.615. The summed E-state index contributed by atoms with van der Waals surface area (Å²) in [5, 5.41) is 39.4. The molecular formula is C39H56N4O14. The van der Waals surface area contributed by atoms with E-state index in [0.717, 1.165) is 50.6 Å². The summed E-state index contributed by atoms with van der Waals surface area (Å²) in [5.41, 5.74) is 7.74. The number of aliphatic hydroxyl groups is 3. The molecule has 2 saturated heterocycles. The van der Waals surface area contributed by atoms with Crippen LogP contribution >= 0.6 is 0 Å². The van der Waals surface area contributed by atoms with E-state index in [1.165, 1.54) is 28.0 Å². The number of nitrogens with zero attached hydrogens (tertiary/aromatic N) is 3. The number of carboxylic acids is 1. The SMILES string of the molecule is COc1ccc(CCO[C@H]2CCCC[C@@H]2N2CC[C@H](OC(=O)N(C)CCN(C)C(=O)OCc3ccc(OC4OC(C(=O)O)C(O)C(O)C4O)c(N)c3)C2)cc1OC. The molecule has 2 aromatic rings. The zero-order chi connectivity index (χ0) is 41.2. The summed E-state index contributed by atoms with van der Waals surface area (Å²) in [6.45, 7) is 2.29. The van der Waals surface area contributed by atoms with Crippen molar-refractivity contribution in [2.24, 2.45) is 0 Å². The van der Waals surface area contributed by atoms with E-state index in [1.54, 1.807) is 28.3 Å². The van der Waals surface area contributed by atoms with Crippen LogP contribution in [0.1, 0.15) is 43.2 Å². The number of aliphatic carboxylic acids is 1. The Morgan fingerprint density at radius 2 is 1.54 bits per heavy atom. The zero-order valence-corrected chi connectivity index (χ0v) is 32.9. The fourth-order valence-corrected chi connectivity index (χ4v) is 7.24. The number of anilines is 1. The predicted octanol–water partition coefficient (Wildman–Crippen LogP) is 1.84. The highest BCUT2D eigenvalue weighted by atomic mass is 16.7. The van der Waals surface area contributed by atoms with Crippen molar-refractivity contribution in [3.63, 3.8) is 0 Å². The molecule has 3 fully saturated rings. The first kappa shape index (κ1) is 43.5. The third kappa shape index (κ3) is 11.3. The number of carbonyl (C=O) groups is 3. The van der Waals surface area contributed by atoms with E-state index in [-0.39, 0.29) is 49.4 Å². The number of aliphatic hydroxyl groups excluding tert-OH is 3. The molecule has 3 aliphatic rings. The van der Waals surface area contributed by atoms with Crippen LogP contribution in [0, 0.1) is 0 Å². The van der Waals surface area contributed by atoms with Crippen molar-refractivity contribution in [2.75, 3.05) is 66.8 Å². The van der Waals surface area contributed by atoms with E-state index in [0.29, 0.717) is 30.2 Å². The molecule has 6 N–H and O–H groups in total. The molecule has 1 saturated carbocycles. The van der Waals surface area contributed by atoms with Crippen LogP contribution in [0.4, 0.5) is 15.3 Å². The maximum absolute atomic E-state index is 13.0. The molecule has 8 atom stereocenters. The van der Waals surface area contributed by atoms with E-state index in [1.807, 2.05) is 18.2 Å². The highest BCUT2D eigenvalue weighted by Gasteiger charge is 2.48. The summed E-state index contributed by atoms with van der Waals surface area (Å²) in [5.74, 6) is -0.152. The van der Waals surface area contributed by atoms with Crippen LogP contribution in [0.3, 0.4) is 0 Å². The van der Waals surface area contributed by atoms with Crippen LogP contribution in [0.2, 0.25) is 0 Å². The van der Waals surface area contributed by atoms with E-state index in [2.05, 4.69) is 4.90 Å². The predicted molar refractivity (Wildman–Crippen MR) is 203 cm³/mol. The van der Waals surface area contributed by atoms with Crippen LogP contribution < -0.4 is 19.9 Å². The van der Waals surface area contributed by atoms with E-state index in [4.69, 9.17) is 38.9 Å². The minimum absolute atomic E-state index is 0.00464. The normalized spacial score (nSPS) is 26.3. The van der Waals surface area contributed by atoms with Crippen LogP contribution in [-0.2, 0) is 36.8 Å². The van der Waals surface area contributed by atoms with Crippen molar-refractivity contribution >= 4 is 23.8 Å². The first-order valence-electron chi connectivity index (χ1n) is 19.1. The highest BCUT2D eigenvalue weighted by molar-refractivity contribution is 5.73. The van der Waals surface area contributed by atoms with Gasteiger partial charge in [0, 0.05) is 46.3 Å². The molecule has 2 heterocycles. The van der Waals surface area contributed by atoms with Crippen molar-refractivity contribution in [3.8, 4) is 17.2 Å². The molecule has 2 amide bonds. The number of likely N-dealkylation sites (N-methyl/N-ethyl adjacent to an activating group) is 2. The maximum Gasteiger partial charge on any atom is 0.409 e. The Morgan fingerprint density at radius 1 is 0.860 bits per heavy atom. The van der Waals surface area contributed by atoms with E-state index >= 15 is 0 Å². The third-order valence-corrected chi connectivity index (χ3v) is 10.6. The number of amides is 2. The highest BCUT2D eigenvalue weighted by Crippen LogP contribution is 2.32. The van der Waals surface area contributed by atoms with Crippen LogP contribution in [0.25, 0.3) is 0 Å². The molecule has 316 valence electrons. The number of hydrogen-bond donors (Lipinski definition) is 5. The standard InChI is InChI=1S/C39H56N4O14/c1-41(38(49)54-22-24-10-11-28(26(40)19-24)56-37-34(46)32(44)33(45)35(57-37)36(47)48)16-17-42(2)39(50)55-25-13-15-43(21-25)27-7-5-6-8-29(27)53-18-14-23-9-12-30(51-3)31(20-23)52-4/h9-12,19-20,25,27,29,32-35,37,44-46H,5-8,13-18,21-22,40H2,1-4H3,(H,47,48)/t25-,27-,29-,32?,33?,34?,35?,37?/m0/s1. The van der Waals surface area contributed by atoms with Gasteiger partial charge in [-0.2, -0.15) is 0 Å². The van der Waals surface area contributed by atoms with Gasteiger partial charge in [-0.1, -0.05) is 25.0 Å². The van der Waals surface area contributed by atoms with Crippen LogP contribution in [-0.4, -0.2) is 163 Å². The monoisotopic (exact) mass is 804 g/mol. The average Bonchev–Trinajstić information content (AvgIpc) is 3.67. The van der Waals surface area contributed by atoms with Crippen molar-refractivity contribution in [1.82, 2.24) is 14.7 Å². The van der Waals surface area contributed by atoms with Gasteiger partial charge in [-0.05, 0) is 61.1 Å². The number of carbonyl (C=O) groups excluding carboxylic acids is 2. The number of methoxy groups -OCH3 is 2. The van der Waals surface area contributed by atoms with Gasteiger partial charge in [0.1, 0.15) is 36.8 Å². The van der Waals surface area contributed by atoms with Gasteiger partial charge in [-0.3, -0.25) is 4.90 Å². The lowest BCUT2D eigenvalue weighted by Gasteiger charge is -2.38. The molecule has 0 aromatic heterocycles. The molecule has 2 aliphatic heterocycles. The second-order valence-corrected chi connectivity index (χ2v) is 14.6. The molecule has 57 heavy (non-hydrogen) atoms. The van der Waals surface area contributed by atoms with Crippen molar-refractivity contribution in [1.29, 1.82) is 0 Å². The molecule has 0 radical (unpaired) electrons. The second-order valence-electron chi connectivity index (χ2n) is 14.6. The van der Waals surface area contributed by atoms with Gasteiger partial charge in [0.2, 0.25) is 6.29 Å². The number of benzene rings is 2. The number of rotatable bonds is 16. The first-order chi connectivity index (χ1) is 27.3. The maximum atomic E-state index is 13.0. The smallest absolute Gasteiger partial charge is 0.409 e. The van der Waals surface area contributed by atoms with E-state index < -0.39 is 48.9 Å². The molecule has 0 spiro atoms. The molecular weight excluding hydrogens is 748 g/mol. The molecule has 18 heteroatoms. The second kappa shape index (κ2) is 20.2. The number of likely N-dealkylation sites (tertiary alicyclic amines) is 1. The minimum Gasteiger partial charge on any atom is -0.493 e. The Kier molecular flexibility index (Phi) is 15.4. The van der Waals surface area contributed by atoms with Crippen molar-refractivity contribution < 1.29 is 68.0 Å². The number of ether oxygens (including phenoxy) is 7. The molecule has 18 nitrogen and oxygen atoms in total. The Morgan fingerprint density at radius 3 is 2.25 bits per heavy atom. The van der Waals surface area contributed by atoms with Gasteiger partial charge in [0.25, 0.3) is 0 Å². The Labute approximate surface area is 331 Å². The van der Waals surface area contributed by atoms with Gasteiger partial charge in [-0.25, -0.2) is 14.4 Å². The summed E-state index contributed by atoms with van der Waals surface area (Å²) in [6.07, 6.45) is -4.39. The minimum atomic E-state index is -1.86. The van der Waals surface area contributed by atoms with Gasteiger partial charge < -0.3 is 69.1 Å². The third-order valence-electron chi connectivity index (χ3n) is 10.6. The lowest BCUT2D eigenvalue weighted by molar-refractivity contribution is -0.271.